The van der Waals surface area contributed by atoms with E-state index in [0.717, 1.165) is 17.8 Å². The predicted octanol–water partition coefficient (Wildman–Crippen LogP) is 2.37. The summed E-state index contributed by atoms with van der Waals surface area (Å²) in [7, 11) is 3.94. The fraction of sp³-hybridized carbons (Fsp3) is 0.263. The quantitative estimate of drug-likeness (QED) is 0.848. The molecule has 0 spiro atoms. The molecule has 0 fully saturated rings. The number of hydrogen-bond donors (Lipinski definition) is 2. The monoisotopic (exact) mass is 339 g/mol. The molecule has 0 aromatic heterocycles. The Labute approximate surface area is 146 Å². The summed E-state index contributed by atoms with van der Waals surface area (Å²) in [6.07, 6.45) is 0.337. The van der Waals surface area contributed by atoms with E-state index in [-0.39, 0.29) is 11.8 Å². The molecule has 1 heterocycles. The predicted molar refractivity (Wildman–Crippen MR) is 97.2 cm³/mol. The summed E-state index contributed by atoms with van der Waals surface area (Å²) in [5, 5.41) is 5.65. The normalized spacial score (nSPS) is 12.7. The fourth-order valence-electron chi connectivity index (χ4n) is 2.62. The topological polar surface area (TPSA) is 70.7 Å². The number of carbonyl (C=O) groups is 2. The molecular weight excluding hydrogens is 318 g/mol. The molecule has 0 saturated heterocycles. The largest absolute Gasteiger partial charge is 0.491 e. The maximum atomic E-state index is 12.6. The molecule has 0 saturated carbocycles. The van der Waals surface area contributed by atoms with Crippen molar-refractivity contribution < 1.29 is 14.3 Å². The van der Waals surface area contributed by atoms with Crippen LogP contribution in [-0.2, 0) is 11.2 Å². The molecule has 2 aromatic rings. The van der Waals surface area contributed by atoms with Gasteiger partial charge in [-0.05, 0) is 50.0 Å². The lowest BCUT2D eigenvalue weighted by Gasteiger charge is -2.14. The lowest BCUT2D eigenvalue weighted by Crippen LogP contribution is -2.20. The van der Waals surface area contributed by atoms with Gasteiger partial charge in [-0.25, -0.2) is 0 Å². The van der Waals surface area contributed by atoms with E-state index in [1.54, 1.807) is 30.3 Å². The summed E-state index contributed by atoms with van der Waals surface area (Å²) in [5.41, 5.74) is 2.83. The molecule has 0 unspecified atom stereocenters. The number of fused-ring (bicyclic) bond motifs is 1. The minimum Gasteiger partial charge on any atom is -0.491 e. The minimum absolute atomic E-state index is 0.0295. The number of likely N-dealkylation sites (N-methyl/N-ethyl adjacent to an activating group) is 1. The van der Waals surface area contributed by atoms with E-state index in [1.807, 2.05) is 31.1 Å². The van der Waals surface area contributed by atoms with Crippen LogP contribution < -0.4 is 15.4 Å². The SMILES string of the molecule is CN(C)CCOc1ccccc1C(=O)Nc1ccc2c(c1)CC(=O)N2. The Hall–Kier alpha value is -2.86. The highest BCUT2D eigenvalue weighted by molar-refractivity contribution is 6.07. The van der Waals surface area contributed by atoms with Crippen LogP contribution in [0.4, 0.5) is 11.4 Å². The number of anilines is 2. The van der Waals surface area contributed by atoms with Gasteiger partial charge in [-0.1, -0.05) is 12.1 Å². The molecule has 0 radical (unpaired) electrons. The standard InChI is InChI=1S/C19H21N3O3/c1-22(2)9-10-25-17-6-4-3-5-15(17)19(24)20-14-7-8-16-13(11-14)12-18(23)21-16/h3-8,11H,9-10,12H2,1-2H3,(H,20,24)(H,21,23). The van der Waals surface area contributed by atoms with Crippen molar-refractivity contribution in [3.05, 3.63) is 53.6 Å². The van der Waals surface area contributed by atoms with Crippen molar-refractivity contribution >= 4 is 23.2 Å². The van der Waals surface area contributed by atoms with Gasteiger partial charge >= 0.3 is 0 Å². The highest BCUT2D eigenvalue weighted by Gasteiger charge is 2.18. The summed E-state index contributed by atoms with van der Waals surface area (Å²) in [6, 6.07) is 12.6. The van der Waals surface area contributed by atoms with Crippen molar-refractivity contribution in [3.63, 3.8) is 0 Å². The third-order valence-corrected chi connectivity index (χ3v) is 3.92. The van der Waals surface area contributed by atoms with Crippen molar-refractivity contribution in [1.29, 1.82) is 0 Å². The summed E-state index contributed by atoms with van der Waals surface area (Å²) < 4.78 is 5.74. The molecule has 1 aliphatic rings. The third kappa shape index (κ3) is 4.16. The second-order valence-electron chi connectivity index (χ2n) is 6.20. The molecule has 2 N–H and O–H groups in total. The van der Waals surface area contributed by atoms with Crippen molar-refractivity contribution in [2.24, 2.45) is 0 Å². The number of nitrogens with zero attached hydrogens (tertiary/aromatic N) is 1. The first-order valence-electron chi connectivity index (χ1n) is 8.13. The van der Waals surface area contributed by atoms with E-state index in [0.29, 0.717) is 30.0 Å². The average Bonchev–Trinajstić information content (AvgIpc) is 2.94. The van der Waals surface area contributed by atoms with E-state index in [4.69, 9.17) is 4.74 Å². The Morgan fingerprint density at radius 3 is 2.84 bits per heavy atom. The summed E-state index contributed by atoms with van der Waals surface area (Å²) in [6.45, 7) is 1.27. The molecule has 2 amide bonds. The number of amides is 2. The lowest BCUT2D eigenvalue weighted by atomic mass is 10.1. The number of benzene rings is 2. The number of rotatable bonds is 6. The number of nitrogens with one attached hydrogen (secondary N) is 2. The zero-order valence-corrected chi connectivity index (χ0v) is 14.3. The molecule has 3 rings (SSSR count). The van der Waals surface area contributed by atoms with Crippen LogP contribution >= 0.6 is 0 Å². The van der Waals surface area contributed by atoms with Crippen LogP contribution in [0.5, 0.6) is 5.75 Å². The van der Waals surface area contributed by atoms with Crippen LogP contribution in [0.15, 0.2) is 42.5 Å². The van der Waals surface area contributed by atoms with Gasteiger partial charge in [-0.15, -0.1) is 0 Å². The summed E-state index contributed by atoms with van der Waals surface area (Å²) >= 11 is 0. The molecule has 6 heteroatoms. The van der Waals surface area contributed by atoms with Gasteiger partial charge in [0.15, 0.2) is 0 Å². The second-order valence-corrected chi connectivity index (χ2v) is 6.20. The van der Waals surface area contributed by atoms with E-state index >= 15 is 0 Å². The van der Waals surface area contributed by atoms with Gasteiger partial charge in [0.05, 0.1) is 12.0 Å². The maximum absolute atomic E-state index is 12.6. The second kappa shape index (κ2) is 7.36. The van der Waals surface area contributed by atoms with Crippen LogP contribution in [0.2, 0.25) is 0 Å². The Bertz CT molecular complexity index is 802. The zero-order valence-electron chi connectivity index (χ0n) is 14.3. The van der Waals surface area contributed by atoms with Gasteiger partial charge in [-0.3, -0.25) is 9.59 Å². The molecular formula is C19H21N3O3. The molecule has 130 valence electrons. The van der Waals surface area contributed by atoms with Crippen LogP contribution in [0, 0.1) is 0 Å². The van der Waals surface area contributed by atoms with Gasteiger partial charge < -0.3 is 20.3 Å². The highest BCUT2D eigenvalue weighted by atomic mass is 16.5. The maximum Gasteiger partial charge on any atom is 0.259 e. The first-order chi connectivity index (χ1) is 12.0. The zero-order chi connectivity index (χ0) is 17.8. The smallest absolute Gasteiger partial charge is 0.259 e. The number of hydrogen-bond acceptors (Lipinski definition) is 4. The van der Waals surface area contributed by atoms with Crippen molar-refractivity contribution in [3.8, 4) is 5.75 Å². The molecule has 0 bridgehead atoms. The highest BCUT2D eigenvalue weighted by Crippen LogP contribution is 2.27. The number of carbonyl (C=O) groups excluding carboxylic acids is 2. The van der Waals surface area contributed by atoms with Crippen LogP contribution in [0.3, 0.4) is 0 Å². The van der Waals surface area contributed by atoms with Gasteiger partial charge in [-0.2, -0.15) is 0 Å². The third-order valence-electron chi connectivity index (χ3n) is 3.92. The van der Waals surface area contributed by atoms with E-state index < -0.39 is 0 Å². The van der Waals surface area contributed by atoms with Gasteiger partial charge in [0.1, 0.15) is 12.4 Å². The first kappa shape index (κ1) is 17.0. The molecule has 0 aliphatic carbocycles. The van der Waals surface area contributed by atoms with Crippen LogP contribution in [0.1, 0.15) is 15.9 Å². The Morgan fingerprint density at radius 1 is 1.24 bits per heavy atom. The van der Waals surface area contributed by atoms with Crippen LogP contribution in [0.25, 0.3) is 0 Å². The van der Waals surface area contributed by atoms with Crippen molar-refractivity contribution in [1.82, 2.24) is 4.90 Å². The minimum atomic E-state index is -0.238. The van der Waals surface area contributed by atoms with Gasteiger partial charge in [0.2, 0.25) is 5.91 Å². The molecule has 6 nitrogen and oxygen atoms in total. The Balaban J connectivity index is 1.71. The van der Waals surface area contributed by atoms with E-state index in [2.05, 4.69) is 10.6 Å². The molecule has 25 heavy (non-hydrogen) atoms. The lowest BCUT2D eigenvalue weighted by molar-refractivity contribution is -0.115. The Kier molecular flexibility index (Phi) is 5.00. The van der Waals surface area contributed by atoms with Crippen LogP contribution in [-0.4, -0.2) is 44.0 Å². The van der Waals surface area contributed by atoms with Gasteiger partial charge in [0, 0.05) is 17.9 Å². The molecule has 0 atom stereocenters. The average molecular weight is 339 g/mol. The number of para-hydroxylation sites is 1. The Morgan fingerprint density at radius 2 is 2.04 bits per heavy atom. The first-order valence-corrected chi connectivity index (χ1v) is 8.13. The van der Waals surface area contributed by atoms with E-state index in [9.17, 15) is 9.59 Å². The molecule has 1 aliphatic heterocycles. The van der Waals surface area contributed by atoms with Gasteiger partial charge in [0.25, 0.3) is 5.91 Å². The summed E-state index contributed by atoms with van der Waals surface area (Å²) in [5.74, 6) is 0.288. The van der Waals surface area contributed by atoms with Crippen molar-refractivity contribution in [2.45, 2.75) is 6.42 Å². The fourth-order valence-corrected chi connectivity index (χ4v) is 2.62. The summed E-state index contributed by atoms with van der Waals surface area (Å²) in [4.78, 5) is 26.1. The molecule has 2 aromatic carbocycles. The van der Waals surface area contributed by atoms with E-state index in [1.165, 1.54) is 0 Å². The number of ether oxygens (including phenoxy) is 1. The van der Waals surface area contributed by atoms with Crippen molar-refractivity contribution in [2.75, 3.05) is 37.9 Å².